The highest BCUT2D eigenvalue weighted by Crippen LogP contribution is 2.28. The number of esters is 1. The SMILES string of the molecule is COC(=O)C(Nc1c(F)c(F)c(F)c(F)c1F)C(C)C. The molecule has 0 heterocycles. The minimum atomic E-state index is -2.26. The van der Waals surface area contributed by atoms with E-state index >= 15 is 0 Å². The number of hydrogen-bond acceptors (Lipinski definition) is 3. The maximum atomic E-state index is 13.5. The van der Waals surface area contributed by atoms with Crippen molar-refractivity contribution in [1.82, 2.24) is 0 Å². The quantitative estimate of drug-likeness (QED) is 0.402. The van der Waals surface area contributed by atoms with E-state index < -0.39 is 52.7 Å². The molecule has 3 nitrogen and oxygen atoms in total. The van der Waals surface area contributed by atoms with Crippen molar-refractivity contribution in [3.8, 4) is 0 Å². The third-order valence-corrected chi connectivity index (χ3v) is 2.63. The van der Waals surface area contributed by atoms with Gasteiger partial charge in [-0.05, 0) is 5.92 Å². The Morgan fingerprint density at radius 3 is 1.70 bits per heavy atom. The highest BCUT2D eigenvalue weighted by atomic mass is 19.2. The fourth-order valence-corrected chi connectivity index (χ4v) is 1.51. The first-order valence-corrected chi connectivity index (χ1v) is 5.58. The van der Waals surface area contributed by atoms with Crippen LogP contribution in [0.1, 0.15) is 13.8 Å². The molecular formula is C12H12F5NO2. The molecule has 1 aromatic carbocycles. The zero-order valence-corrected chi connectivity index (χ0v) is 10.9. The van der Waals surface area contributed by atoms with Crippen molar-refractivity contribution >= 4 is 11.7 Å². The van der Waals surface area contributed by atoms with Gasteiger partial charge >= 0.3 is 5.97 Å². The number of nitrogens with one attached hydrogen (secondary N) is 1. The molecule has 0 spiro atoms. The minimum absolute atomic E-state index is 0.502. The van der Waals surface area contributed by atoms with Crippen molar-refractivity contribution in [3.05, 3.63) is 29.1 Å². The van der Waals surface area contributed by atoms with Gasteiger partial charge in [0.2, 0.25) is 5.82 Å². The molecular weight excluding hydrogens is 285 g/mol. The topological polar surface area (TPSA) is 38.3 Å². The van der Waals surface area contributed by atoms with Crippen LogP contribution in [0, 0.1) is 35.0 Å². The monoisotopic (exact) mass is 297 g/mol. The minimum Gasteiger partial charge on any atom is -0.467 e. The molecule has 112 valence electrons. The van der Waals surface area contributed by atoms with Gasteiger partial charge in [-0.2, -0.15) is 0 Å². The van der Waals surface area contributed by atoms with Gasteiger partial charge in [0.1, 0.15) is 11.7 Å². The number of benzene rings is 1. The lowest BCUT2D eigenvalue weighted by Crippen LogP contribution is -2.36. The second-order valence-corrected chi connectivity index (χ2v) is 4.33. The maximum absolute atomic E-state index is 13.5. The second kappa shape index (κ2) is 6.06. The zero-order chi connectivity index (χ0) is 15.6. The van der Waals surface area contributed by atoms with E-state index in [4.69, 9.17) is 0 Å². The van der Waals surface area contributed by atoms with Crippen LogP contribution < -0.4 is 5.32 Å². The Labute approximate surface area is 111 Å². The molecule has 1 aromatic rings. The van der Waals surface area contributed by atoms with E-state index in [0.29, 0.717) is 0 Å². The van der Waals surface area contributed by atoms with Gasteiger partial charge in [0.25, 0.3) is 0 Å². The average molecular weight is 297 g/mol. The van der Waals surface area contributed by atoms with Crippen molar-refractivity contribution in [2.75, 3.05) is 12.4 Å². The number of anilines is 1. The van der Waals surface area contributed by atoms with Gasteiger partial charge in [0, 0.05) is 0 Å². The molecule has 1 rings (SSSR count). The number of carbonyl (C=O) groups is 1. The lowest BCUT2D eigenvalue weighted by Gasteiger charge is -2.21. The molecule has 0 amide bonds. The van der Waals surface area contributed by atoms with Gasteiger partial charge in [0.15, 0.2) is 23.3 Å². The molecule has 1 N–H and O–H groups in total. The lowest BCUT2D eigenvalue weighted by atomic mass is 10.0. The number of rotatable bonds is 4. The van der Waals surface area contributed by atoms with Crippen LogP contribution in [-0.2, 0) is 9.53 Å². The third kappa shape index (κ3) is 2.83. The van der Waals surface area contributed by atoms with E-state index in [1.54, 1.807) is 0 Å². The summed E-state index contributed by atoms with van der Waals surface area (Å²) in [5.74, 6) is -11.9. The number of hydrogen-bond donors (Lipinski definition) is 1. The normalized spacial score (nSPS) is 12.4. The van der Waals surface area contributed by atoms with E-state index in [1.807, 2.05) is 5.32 Å². The number of carbonyl (C=O) groups excluding carboxylic acids is 1. The molecule has 8 heteroatoms. The smallest absolute Gasteiger partial charge is 0.328 e. The highest BCUT2D eigenvalue weighted by Gasteiger charge is 2.30. The van der Waals surface area contributed by atoms with Crippen LogP contribution in [-0.4, -0.2) is 19.1 Å². The summed E-state index contributed by atoms with van der Waals surface area (Å²) in [5, 5.41) is 2.00. The van der Waals surface area contributed by atoms with E-state index in [1.165, 1.54) is 13.8 Å². The molecule has 0 fully saturated rings. The van der Waals surface area contributed by atoms with Crippen molar-refractivity contribution < 1.29 is 31.5 Å². The van der Waals surface area contributed by atoms with Crippen LogP contribution in [0.2, 0.25) is 0 Å². The predicted octanol–water partition coefficient (Wildman–Crippen LogP) is 2.99. The van der Waals surface area contributed by atoms with E-state index in [-0.39, 0.29) is 0 Å². The Kier molecular flexibility index (Phi) is 4.91. The van der Waals surface area contributed by atoms with Gasteiger partial charge in [0.05, 0.1) is 7.11 Å². The summed E-state index contributed by atoms with van der Waals surface area (Å²) in [6.07, 6.45) is 0. The van der Waals surface area contributed by atoms with Gasteiger partial charge in [-0.3, -0.25) is 0 Å². The lowest BCUT2D eigenvalue weighted by molar-refractivity contribution is -0.142. The molecule has 0 saturated heterocycles. The third-order valence-electron chi connectivity index (χ3n) is 2.63. The van der Waals surface area contributed by atoms with Gasteiger partial charge in [-0.1, -0.05) is 13.8 Å². The first-order chi connectivity index (χ1) is 9.22. The number of ether oxygens (including phenoxy) is 1. The molecule has 1 atom stereocenters. The van der Waals surface area contributed by atoms with Gasteiger partial charge in [-0.15, -0.1) is 0 Å². The molecule has 0 aliphatic rings. The summed E-state index contributed by atoms with van der Waals surface area (Å²) >= 11 is 0. The first-order valence-electron chi connectivity index (χ1n) is 5.58. The average Bonchev–Trinajstić information content (AvgIpc) is 2.42. The second-order valence-electron chi connectivity index (χ2n) is 4.33. The summed E-state index contributed by atoms with van der Waals surface area (Å²) < 4.78 is 70.2. The van der Waals surface area contributed by atoms with Crippen LogP contribution in [0.3, 0.4) is 0 Å². The number of methoxy groups -OCH3 is 1. The molecule has 20 heavy (non-hydrogen) atoms. The Morgan fingerprint density at radius 1 is 0.950 bits per heavy atom. The molecule has 0 radical (unpaired) electrons. The molecule has 0 bridgehead atoms. The van der Waals surface area contributed by atoms with E-state index in [2.05, 4.69) is 4.74 Å². The molecule has 1 unspecified atom stereocenters. The molecule has 0 saturated carbocycles. The van der Waals surface area contributed by atoms with Gasteiger partial charge < -0.3 is 10.1 Å². The number of halogens is 5. The maximum Gasteiger partial charge on any atom is 0.328 e. The van der Waals surface area contributed by atoms with Crippen molar-refractivity contribution in [2.24, 2.45) is 5.92 Å². The van der Waals surface area contributed by atoms with Crippen LogP contribution in [0.25, 0.3) is 0 Å². The zero-order valence-electron chi connectivity index (χ0n) is 10.9. The highest BCUT2D eigenvalue weighted by molar-refractivity contribution is 5.79. The van der Waals surface area contributed by atoms with Crippen molar-refractivity contribution in [1.29, 1.82) is 0 Å². The molecule has 0 aromatic heterocycles. The van der Waals surface area contributed by atoms with Crippen LogP contribution in [0.4, 0.5) is 27.6 Å². The summed E-state index contributed by atoms with van der Waals surface area (Å²) in [6, 6.07) is -1.26. The van der Waals surface area contributed by atoms with Gasteiger partial charge in [-0.25, -0.2) is 26.7 Å². The van der Waals surface area contributed by atoms with Crippen molar-refractivity contribution in [2.45, 2.75) is 19.9 Å². The summed E-state index contributed by atoms with van der Waals surface area (Å²) in [4.78, 5) is 11.4. The largest absolute Gasteiger partial charge is 0.467 e. The van der Waals surface area contributed by atoms with E-state index in [9.17, 15) is 26.7 Å². The standard InChI is InChI=1S/C12H12F5NO2/c1-4(2)10(12(19)20-3)18-11-8(16)6(14)5(13)7(15)9(11)17/h4,10,18H,1-3H3. The fourth-order valence-electron chi connectivity index (χ4n) is 1.51. The van der Waals surface area contributed by atoms with Crippen LogP contribution in [0.15, 0.2) is 0 Å². The molecule has 0 aliphatic heterocycles. The molecule has 0 aliphatic carbocycles. The van der Waals surface area contributed by atoms with E-state index in [0.717, 1.165) is 7.11 Å². The van der Waals surface area contributed by atoms with Crippen molar-refractivity contribution in [3.63, 3.8) is 0 Å². The predicted molar refractivity (Wildman–Crippen MR) is 60.5 cm³/mol. The fraction of sp³-hybridized carbons (Fsp3) is 0.417. The summed E-state index contributed by atoms with van der Waals surface area (Å²) in [5.41, 5.74) is -1.26. The Bertz CT molecular complexity index is 504. The summed E-state index contributed by atoms with van der Waals surface area (Å²) in [7, 11) is 1.04. The van der Waals surface area contributed by atoms with Crippen LogP contribution >= 0.6 is 0 Å². The Morgan fingerprint density at radius 2 is 1.35 bits per heavy atom. The Hall–Kier alpha value is -1.86. The van der Waals surface area contributed by atoms with Crippen LogP contribution in [0.5, 0.6) is 0 Å². The summed E-state index contributed by atoms with van der Waals surface area (Å²) in [6.45, 7) is 3.03. The first kappa shape index (κ1) is 16.2. The Balaban J connectivity index is 3.30.